The van der Waals surface area contributed by atoms with Crippen molar-refractivity contribution in [3.63, 3.8) is 0 Å². The maximum Gasteiger partial charge on any atom is 0.259 e. The van der Waals surface area contributed by atoms with Gasteiger partial charge in [0, 0.05) is 16.1 Å². The Hall–Kier alpha value is -2.04. The minimum absolute atomic E-state index is 0.0327. The molecule has 0 saturated carbocycles. The van der Waals surface area contributed by atoms with Crippen molar-refractivity contribution in [2.75, 3.05) is 6.73 Å². The predicted octanol–water partition coefficient (Wildman–Crippen LogP) is 2.82. The molecule has 0 bridgehead atoms. The number of aliphatic hydroxyl groups is 1. The third kappa shape index (κ3) is 2.24. The molecule has 0 fully saturated rings. The van der Waals surface area contributed by atoms with Crippen LogP contribution in [0.15, 0.2) is 48.5 Å². The SMILES string of the molecule is O=C1c2ccccc2C(O)N1COc1cccc(Cl)c1. The molecule has 0 radical (unpaired) electrons. The van der Waals surface area contributed by atoms with E-state index in [2.05, 4.69) is 0 Å². The Morgan fingerprint density at radius 3 is 2.75 bits per heavy atom. The maximum absolute atomic E-state index is 12.2. The van der Waals surface area contributed by atoms with Gasteiger partial charge >= 0.3 is 0 Å². The number of ether oxygens (including phenoxy) is 1. The second-order valence-corrected chi connectivity index (χ2v) is 4.90. The van der Waals surface area contributed by atoms with Crippen LogP contribution < -0.4 is 4.74 Å². The molecular weight excluding hydrogens is 278 g/mol. The lowest BCUT2D eigenvalue weighted by atomic mass is 10.1. The van der Waals surface area contributed by atoms with Gasteiger partial charge in [0.1, 0.15) is 5.75 Å². The fraction of sp³-hybridized carbons (Fsp3) is 0.133. The maximum atomic E-state index is 12.2. The average Bonchev–Trinajstić information content (AvgIpc) is 2.70. The van der Waals surface area contributed by atoms with Crippen molar-refractivity contribution in [2.45, 2.75) is 6.23 Å². The van der Waals surface area contributed by atoms with Gasteiger partial charge in [-0.05, 0) is 24.3 Å². The molecule has 1 heterocycles. The summed E-state index contributed by atoms with van der Waals surface area (Å²) in [5.74, 6) is 0.309. The Kier molecular flexibility index (Phi) is 3.34. The Morgan fingerprint density at radius 2 is 2.00 bits per heavy atom. The predicted molar refractivity (Wildman–Crippen MR) is 74.5 cm³/mol. The summed E-state index contributed by atoms with van der Waals surface area (Å²) in [6.45, 7) is -0.0327. The fourth-order valence-electron chi connectivity index (χ4n) is 2.18. The van der Waals surface area contributed by atoms with Crippen LogP contribution in [0.1, 0.15) is 22.1 Å². The third-order valence-electron chi connectivity index (χ3n) is 3.19. The third-order valence-corrected chi connectivity index (χ3v) is 3.43. The van der Waals surface area contributed by atoms with E-state index in [0.29, 0.717) is 21.9 Å². The second-order valence-electron chi connectivity index (χ2n) is 4.47. The minimum atomic E-state index is -0.974. The van der Waals surface area contributed by atoms with Crippen molar-refractivity contribution in [3.8, 4) is 5.75 Å². The van der Waals surface area contributed by atoms with E-state index in [1.54, 1.807) is 48.5 Å². The second kappa shape index (κ2) is 5.15. The summed E-state index contributed by atoms with van der Waals surface area (Å²) < 4.78 is 5.50. The highest BCUT2D eigenvalue weighted by Gasteiger charge is 2.35. The quantitative estimate of drug-likeness (QED) is 0.945. The first-order valence-electron chi connectivity index (χ1n) is 6.13. The van der Waals surface area contributed by atoms with Gasteiger partial charge in [0.2, 0.25) is 0 Å². The number of carbonyl (C=O) groups is 1. The summed E-state index contributed by atoms with van der Waals surface area (Å²) in [5.41, 5.74) is 1.11. The Bertz CT molecular complexity index is 659. The molecule has 4 nitrogen and oxygen atoms in total. The van der Waals surface area contributed by atoms with Crippen LogP contribution in [-0.4, -0.2) is 22.6 Å². The Morgan fingerprint density at radius 1 is 1.20 bits per heavy atom. The molecular formula is C15H12ClNO3. The van der Waals surface area contributed by atoms with Crippen molar-refractivity contribution < 1.29 is 14.6 Å². The summed E-state index contributed by atoms with van der Waals surface area (Å²) in [5, 5.41) is 10.7. The summed E-state index contributed by atoms with van der Waals surface area (Å²) in [7, 11) is 0. The van der Waals surface area contributed by atoms with Crippen molar-refractivity contribution in [1.29, 1.82) is 0 Å². The zero-order valence-electron chi connectivity index (χ0n) is 10.5. The number of hydrogen-bond acceptors (Lipinski definition) is 3. The van der Waals surface area contributed by atoms with Crippen molar-refractivity contribution in [1.82, 2.24) is 4.90 Å². The molecule has 0 spiro atoms. The number of nitrogens with zero attached hydrogens (tertiary/aromatic N) is 1. The van der Waals surface area contributed by atoms with E-state index >= 15 is 0 Å². The van der Waals surface area contributed by atoms with E-state index in [1.165, 1.54) is 4.90 Å². The fourth-order valence-corrected chi connectivity index (χ4v) is 2.36. The van der Waals surface area contributed by atoms with Gasteiger partial charge in [-0.1, -0.05) is 35.9 Å². The van der Waals surface area contributed by atoms with Crippen LogP contribution in [0, 0.1) is 0 Å². The van der Waals surface area contributed by atoms with Gasteiger partial charge in [-0.25, -0.2) is 0 Å². The van der Waals surface area contributed by atoms with Crippen molar-refractivity contribution in [3.05, 3.63) is 64.7 Å². The first-order chi connectivity index (χ1) is 9.66. The molecule has 0 aliphatic carbocycles. The largest absolute Gasteiger partial charge is 0.473 e. The van der Waals surface area contributed by atoms with Crippen LogP contribution in [0.25, 0.3) is 0 Å². The number of carbonyl (C=O) groups excluding carboxylic acids is 1. The summed E-state index contributed by atoms with van der Waals surface area (Å²) >= 11 is 5.86. The van der Waals surface area contributed by atoms with Gasteiger partial charge in [-0.15, -0.1) is 0 Å². The lowest BCUT2D eigenvalue weighted by molar-refractivity contribution is -0.0141. The lowest BCUT2D eigenvalue weighted by Crippen LogP contribution is -2.31. The first-order valence-corrected chi connectivity index (χ1v) is 6.51. The molecule has 5 heteroatoms. The number of halogens is 1. The molecule has 0 aromatic heterocycles. The Balaban J connectivity index is 1.75. The number of fused-ring (bicyclic) bond motifs is 1. The number of rotatable bonds is 3. The number of amides is 1. The van der Waals surface area contributed by atoms with E-state index < -0.39 is 6.23 Å². The molecule has 3 rings (SSSR count). The zero-order chi connectivity index (χ0) is 14.1. The molecule has 1 N–H and O–H groups in total. The monoisotopic (exact) mass is 289 g/mol. The van der Waals surface area contributed by atoms with E-state index in [-0.39, 0.29) is 12.6 Å². The van der Waals surface area contributed by atoms with Crippen molar-refractivity contribution >= 4 is 17.5 Å². The molecule has 102 valence electrons. The van der Waals surface area contributed by atoms with Gasteiger partial charge in [0.05, 0.1) is 0 Å². The van der Waals surface area contributed by atoms with Gasteiger partial charge in [0.25, 0.3) is 5.91 Å². The number of hydrogen-bond donors (Lipinski definition) is 1. The van der Waals surface area contributed by atoms with Crippen LogP contribution >= 0.6 is 11.6 Å². The van der Waals surface area contributed by atoms with Gasteiger partial charge in [-0.2, -0.15) is 0 Å². The number of aliphatic hydroxyl groups excluding tert-OH is 1. The summed E-state index contributed by atoms with van der Waals surface area (Å²) in [4.78, 5) is 13.4. The summed E-state index contributed by atoms with van der Waals surface area (Å²) in [6, 6.07) is 13.9. The van der Waals surface area contributed by atoms with E-state index in [1.807, 2.05) is 0 Å². The average molecular weight is 290 g/mol. The molecule has 0 saturated heterocycles. The first kappa shape index (κ1) is 13.0. The standard InChI is InChI=1S/C15H12ClNO3/c16-10-4-3-5-11(8-10)20-9-17-14(18)12-6-1-2-7-13(12)15(17)19/h1-8,14,18H,9H2. The summed E-state index contributed by atoms with van der Waals surface area (Å²) in [6.07, 6.45) is -0.974. The molecule has 1 aliphatic heterocycles. The smallest absolute Gasteiger partial charge is 0.259 e. The highest BCUT2D eigenvalue weighted by molar-refractivity contribution is 6.30. The van der Waals surface area contributed by atoms with E-state index in [9.17, 15) is 9.90 Å². The topological polar surface area (TPSA) is 49.8 Å². The van der Waals surface area contributed by atoms with Crippen molar-refractivity contribution in [2.24, 2.45) is 0 Å². The normalized spacial score (nSPS) is 17.2. The molecule has 1 amide bonds. The lowest BCUT2D eigenvalue weighted by Gasteiger charge is -2.21. The van der Waals surface area contributed by atoms with Crippen LogP contribution in [0.5, 0.6) is 5.75 Å². The molecule has 2 aromatic rings. The molecule has 1 aliphatic rings. The minimum Gasteiger partial charge on any atom is -0.473 e. The molecule has 2 aromatic carbocycles. The number of benzene rings is 2. The molecule has 1 atom stereocenters. The van der Waals surface area contributed by atoms with Gasteiger partial charge in [-0.3, -0.25) is 9.69 Å². The zero-order valence-corrected chi connectivity index (χ0v) is 11.2. The van der Waals surface area contributed by atoms with Gasteiger partial charge < -0.3 is 9.84 Å². The van der Waals surface area contributed by atoms with Crippen LogP contribution in [-0.2, 0) is 0 Å². The highest BCUT2D eigenvalue weighted by Crippen LogP contribution is 2.31. The molecule has 20 heavy (non-hydrogen) atoms. The van der Waals surface area contributed by atoms with E-state index in [0.717, 1.165) is 0 Å². The Labute approximate surface area is 121 Å². The molecule has 1 unspecified atom stereocenters. The highest BCUT2D eigenvalue weighted by atomic mass is 35.5. The van der Waals surface area contributed by atoms with Crippen LogP contribution in [0.2, 0.25) is 5.02 Å². The van der Waals surface area contributed by atoms with Gasteiger partial charge in [0.15, 0.2) is 13.0 Å². The van der Waals surface area contributed by atoms with Crippen LogP contribution in [0.4, 0.5) is 0 Å². The van der Waals surface area contributed by atoms with Crippen LogP contribution in [0.3, 0.4) is 0 Å². The van der Waals surface area contributed by atoms with E-state index in [4.69, 9.17) is 16.3 Å².